The van der Waals surface area contributed by atoms with Crippen LogP contribution in [0.5, 0.6) is 17.2 Å². The van der Waals surface area contributed by atoms with Crippen molar-refractivity contribution in [2.24, 2.45) is 5.41 Å². The zero-order valence-corrected chi connectivity index (χ0v) is 21.1. The minimum atomic E-state index is -5.27. The molecular formula is C27H31F5O6. The van der Waals surface area contributed by atoms with Crippen LogP contribution in [0.1, 0.15) is 55.8 Å². The first kappa shape index (κ1) is 29.6. The molecule has 0 unspecified atom stereocenters. The minimum Gasteiger partial charge on any atom is -0.494 e. The lowest BCUT2D eigenvalue weighted by molar-refractivity contribution is -0.276. The lowest BCUT2D eigenvalue weighted by Crippen LogP contribution is -2.43. The maximum absolute atomic E-state index is 13.8. The van der Waals surface area contributed by atoms with Crippen molar-refractivity contribution in [3.63, 3.8) is 0 Å². The third kappa shape index (κ3) is 9.75. The zero-order valence-electron chi connectivity index (χ0n) is 21.1. The van der Waals surface area contributed by atoms with Gasteiger partial charge in [0.2, 0.25) is 5.75 Å². The van der Waals surface area contributed by atoms with Crippen LogP contribution in [0.3, 0.4) is 0 Å². The summed E-state index contributed by atoms with van der Waals surface area (Å²) in [6.07, 6.45) is 1.03. The van der Waals surface area contributed by atoms with E-state index in [1.165, 1.54) is 12.1 Å². The molecule has 1 aliphatic rings. The largest absolute Gasteiger partial charge is 0.573 e. The predicted molar refractivity (Wildman–Crippen MR) is 127 cm³/mol. The van der Waals surface area contributed by atoms with Gasteiger partial charge in [0.05, 0.1) is 32.0 Å². The molecule has 0 bridgehead atoms. The Morgan fingerprint density at radius 1 is 0.895 bits per heavy atom. The van der Waals surface area contributed by atoms with E-state index in [0.717, 1.165) is 65.0 Å². The van der Waals surface area contributed by atoms with Crippen molar-refractivity contribution in [2.45, 2.75) is 51.8 Å². The highest BCUT2D eigenvalue weighted by Crippen LogP contribution is 2.32. The van der Waals surface area contributed by atoms with Gasteiger partial charge < -0.3 is 23.7 Å². The van der Waals surface area contributed by atoms with Crippen molar-refractivity contribution in [3.05, 3.63) is 53.6 Å². The number of hydrogen-bond acceptors (Lipinski definition) is 6. The van der Waals surface area contributed by atoms with E-state index in [2.05, 4.69) is 11.7 Å². The topological polar surface area (TPSA) is 63.2 Å². The molecule has 3 rings (SSSR count). The molecule has 0 radical (unpaired) electrons. The number of carbonyl (C=O) groups is 1. The van der Waals surface area contributed by atoms with Crippen molar-refractivity contribution >= 4 is 5.97 Å². The van der Waals surface area contributed by atoms with Gasteiger partial charge in [-0.2, -0.15) is 0 Å². The van der Waals surface area contributed by atoms with E-state index in [-0.39, 0.29) is 11.0 Å². The average Bonchev–Trinajstić information content (AvgIpc) is 2.83. The van der Waals surface area contributed by atoms with E-state index >= 15 is 0 Å². The van der Waals surface area contributed by atoms with Crippen LogP contribution < -0.4 is 14.2 Å². The molecule has 6 nitrogen and oxygen atoms in total. The quantitative estimate of drug-likeness (QED) is 0.105. The standard InChI is InChI=1S/C27H31F5O6/c1-26(17-35-18-26)16-34-12-6-4-2-3-5-7-13-36-20-10-8-19(9-11-20)25(33)37-21-14-22(28)24(23(29)15-21)38-27(30,31)32/h8-11,14-15H,2-7,12-13,16-18H2,1H3. The van der Waals surface area contributed by atoms with Gasteiger partial charge in [-0.1, -0.05) is 32.6 Å². The van der Waals surface area contributed by atoms with E-state index in [1.54, 1.807) is 12.1 Å². The fourth-order valence-corrected chi connectivity index (χ4v) is 3.72. The number of carbonyl (C=O) groups excluding carboxylic acids is 1. The fourth-order valence-electron chi connectivity index (χ4n) is 3.72. The molecule has 0 amide bonds. The van der Waals surface area contributed by atoms with Gasteiger partial charge in [-0.3, -0.25) is 0 Å². The van der Waals surface area contributed by atoms with E-state index in [4.69, 9.17) is 18.9 Å². The molecule has 0 spiro atoms. The van der Waals surface area contributed by atoms with Crippen LogP contribution in [-0.2, 0) is 9.47 Å². The van der Waals surface area contributed by atoms with Gasteiger partial charge in [-0.05, 0) is 37.1 Å². The Labute approximate surface area is 218 Å². The van der Waals surface area contributed by atoms with Gasteiger partial charge in [0, 0.05) is 24.2 Å². The molecule has 11 heteroatoms. The zero-order chi connectivity index (χ0) is 27.6. The molecule has 2 aromatic carbocycles. The lowest BCUT2D eigenvalue weighted by Gasteiger charge is -2.37. The van der Waals surface area contributed by atoms with Crippen LogP contribution in [0.25, 0.3) is 0 Å². The first-order valence-corrected chi connectivity index (χ1v) is 12.4. The summed E-state index contributed by atoms with van der Waals surface area (Å²) >= 11 is 0. The second kappa shape index (κ2) is 13.7. The number of benzene rings is 2. The number of halogens is 5. The molecule has 0 N–H and O–H groups in total. The second-order valence-corrected chi connectivity index (χ2v) is 9.50. The highest BCUT2D eigenvalue weighted by atomic mass is 19.4. The molecule has 38 heavy (non-hydrogen) atoms. The number of unbranched alkanes of at least 4 members (excludes halogenated alkanes) is 5. The Morgan fingerprint density at radius 2 is 1.47 bits per heavy atom. The second-order valence-electron chi connectivity index (χ2n) is 9.50. The van der Waals surface area contributed by atoms with Crippen LogP contribution in [0.15, 0.2) is 36.4 Å². The predicted octanol–water partition coefficient (Wildman–Crippen LogP) is 6.86. The van der Waals surface area contributed by atoms with Crippen LogP contribution in [-0.4, -0.2) is 45.4 Å². The van der Waals surface area contributed by atoms with E-state index < -0.39 is 35.5 Å². The number of rotatable bonds is 15. The molecule has 210 valence electrons. The molecule has 2 aromatic rings. The van der Waals surface area contributed by atoms with Gasteiger partial charge in [-0.25, -0.2) is 13.6 Å². The van der Waals surface area contributed by atoms with Gasteiger partial charge in [0.1, 0.15) is 11.5 Å². The number of esters is 1. The SMILES string of the molecule is CC1(COCCCCCCCCOc2ccc(C(=O)Oc3cc(F)c(OC(F)(F)F)c(F)c3)cc2)COC1. The summed E-state index contributed by atoms with van der Waals surface area (Å²) < 4.78 is 89.1. The molecule has 0 aromatic heterocycles. The van der Waals surface area contributed by atoms with Gasteiger partial charge in [-0.15, -0.1) is 13.2 Å². The van der Waals surface area contributed by atoms with Crippen LogP contribution >= 0.6 is 0 Å². The third-order valence-corrected chi connectivity index (χ3v) is 5.79. The van der Waals surface area contributed by atoms with Crippen molar-refractivity contribution in [3.8, 4) is 17.2 Å². The maximum atomic E-state index is 13.8. The summed E-state index contributed by atoms with van der Waals surface area (Å²) in [5, 5.41) is 0. The number of alkyl halides is 3. The average molecular weight is 547 g/mol. The van der Waals surface area contributed by atoms with Gasteiger partial charge >= 0.3 is 12.3 Å². The summed E-state index contributed by atoms with van der Waals surface area (Å²) in [5.74, 6) is -5.97. The summed E-state index contributed by atoms with van der Waals surface area (Å²) in [7, 11) is 0. The molecule has 0 saturated carbocycles. The smallest absolute Gasteiger partial charge is 0.494 e. The minimum absolute atomic E-state index is 0.0629. The van der Waals surface area contributed by atoms with Gasteiger partial charge in [0.15, 0.2) is 11.6 Å². The molecule has 1 fully saturated rings. The Morgan fingerprint density at radius 3 is 2.03 bits per heavy atom. The fraction of sp³-hybridized carbons (Fsp3) is 0.519. The van der Waals surface area contributed by atoms with E-state index in [0.29, 0.717) is 24.5 Å². The van der Waals surface area contributed by atoms with Crippen molar-refractivity contribution in [1.82, 2.24) is 0 Å². The highest BCUT2D eigenvalue weighted by Gasteiger charge is 2.34. The lowest BCUT2D eigenvalue weighted by atomic mass is 9.90. The Kier molecular flexibility index (Phi) is 10.7. The summed E-state index contributed by atoms with van der Waals surface area (Å²) in [6.45, 7) is 5.77. The highest BCUT2D eigenvalue weighted by molar-refractivity contribution is 5.91. The van der Waals surface area contributed by atoms with Crippen LogP contribution in [0.2, 0.25) is 0 Å². The first-order valence-electron chi connectivity index (χ1n) is 12.4. The van der Waals surface area contributed by atoms with E-state index in [9.17, 15) is 26.7 Å². The Bertz CT molecular complexity index is 1010. The summed E-state index contributed by atoms with van der Waals surface area (Å²) in [5.41, 5.74) is 0.256. The molecule has 0 aliphatic carbocycles. The van der Waals surface area contributed by atoms with E-state index in [1.807, 2.05) is 0 Å². The number of hydrogen-bond donors (Lipinski definition) is 0. The summed E-state index contributed by atoms with van der Waals surface area (Å²) in [6, 6.07) is 6.78. The summed E-state index contributed by atoms with van der Waals surface area (Å²) in [4.78, 5) is 12.2. The van der Waals surface area contributed by atoms with Crippen LogP contribution in [0.4, 0.5) is 22.0 Å². The maximum Gasteiger partial charge on any atom is 0.573 e. The molecular weight excluding hydrogens is 515 g/mol. The van der Waals surface area contributed by atoms with Crippen LogP contribution in [0, 0.1) is 17.0 Å². The Balaban J connectivity index is 1.29. The van der Waals surface area contributed by atoms with Crippen molar-refractivity contribution in [2.75, 3.05) is 33.0 Å². The third-order valence-electron chi connectivity index (χ3n) is 5.79. The Hall–Kier alpha value is -2.92. The molecule has 0 atom stereocenters. The monoisotopic (exact) mass is 546 g/mol. The molecule has 1 aliphatic heterocycles. The van der Waals surface area contributed by atoms with Gasteiger partial charge in [0.25, 0.3) is 0 Å². The first-order chi connectivity index (χ1) is 18.0. The normalized spacial score (nSPS) is 14.6. The molecule has 1 heterocycles. The number of ether oxygens (including phenoxy) is 5. The van der Waals surface area contributed by atoms with Crippen molar-refractivity contribution in [1.29, 1.82) is 0 Å². The van der Waals surface area contributed by atoms with Crippen molar-refractivity contribution < 1.29 is 50.4 Å². The molecule has 1 saturated heterocycles.